The van der Waals surface area contributed by atoms with Crippen molar-refractivity contribution in [2.75, 3.05) is 0 Å². The van der Waals surface area contributed by atoms with Crippen LogP contribution in [0.15, 0.2) is 24.3 Å². The summed E-state index contributed by atoms with van der Waals surface area (Å²) in [7, 11) is 0. The normalized spacial score (nSPS) is 11.7. The number of benzene rings is 1. The van der Waals surface area contributed by atoms with Gasteiger partial charge < -0.3 is 10.8 Å². The van der Waals surface area contributed by atoms with Crippen LogP contribution in [0.1, 0.15) is 25.0 Å². The van der Waals surface area contributed by atoms with Gasteiger partial charge in [0.25, 0.3) is 0 Å². The first kappa shape index (κ1) is 9.23. The molecule has 0 aliphatic rings. The van der Waals surface area contributed by atoms with Crippen molar-refractivity contribution in [3.63, 3.8) is 0 Å². The minimum absolute atomic E-state index is 0.472. The summed E-state index contributed by atoms with van der Waals surface area (Å²) in [6.45, 7) is 4.00. The SMILES string of the molecule is CC(C)(O)c1ccccc1CN. The smallest absolute Gasteiger partial charge is 0.0843 e. The van der Waals surface area contributed by atoms with E-state index in [4.69, 9.17) is 5.73 Å². The average Bonchev–Trinajstić information content (AvgIpc) is 2.03. The number of aliphatic hydroxyl groups is 1. The average molecular weight is 165 g/mol. The second-order valence-electron chi connectivity index (χ2n) is 3.42. The molecule has 0 aromatic heterocycles. The van der Waals surface area contributed by atoms with Crippen molar-refractivity contribution in [3.05, 3.63) is 35.4 Å². The van der Waals surface area contributed by atoms with E-state index >= 15 is 0 Å². The highest BCUT2D eigenvalue weighted by atomic mass is 16.3. The van der Waals surface area contributed by atoms with E-state index in [2.05, 4.69) is 0 Å². The molecular formula is C10H15NO. The summed E-state index contributed by atoms with van der Waals surface area (Å²) in [5.74, 6) is 0. The molecule has 1 aromatic rings. The van der Waals surface area contributed by atoms with Gasteiger partial charge in [0.1, 0.15) is 0 Å². The van der Waals surface area contributed by atoms with Crippen molar-refractivity contribution in [1.82, 2.24) is 0 Å². The lowest BCUT2D eigenvalue weighted by Crippen LogP contribution is -2.19. The quantitative estimate of drug-likeness (QED) is 0.695. The van der Waals surface area contributed by atoms with Gasteiger partial charge in [-0.2, -0.15) is 0 Å². The second-order valence-corrected chi connectivity index (χ2v) is 3.42. The predicted molar refractivity (Wildman–Crippen MR) is 49.6 cm³/mol. The fourth-order valence-corrected chi connectivity index (χ4v) is 1.30. The van der Waals surface area contributed by atoms with Crippen molar-refractivity contribution in [1.29, 1.82) is 0 Å². The molecule has 0 atom stereocenters. The molecule has 0 spiro atoms. The van der Waals surface area contributed by atoms with Crippen LogP contribution in [0.25, 0.3) is 0 Å². The molecule has 0 aliphatic heterocycles. The summed E-state index contributed by atoms with van der Waals surface area (Å²) in [6.07, 6.45) is 0. The zero-order valence-electron chi connectivity index (χ0n) is 7.54. The van der Waals surface area contributed by atoms with Crippen molar-refractivity contribution < 1.29 is 5.11 Å². The van der Waals surface area contributed by atoms with E-state index in [9.17, 15) is 5.11 Å². The van der Waals surface area contributed by atoms with Gasteiger partial charge in [0.05, 0.1) is 5.60 Å². The first-order valence-electron chi connectivity index (χ1n) is 4.06. The van der Waals surface area contributed by atoms with Gasteiger partial charge in [0.2, 0.25) is 0 Å². The van der Waals surface area contributed by atoms with E-state index in [1.807, 2.05) is 24.3 Å². The molecule has 0 unspecified atom stereocenters. The largest absolute Gasteiger partial charge is 0.386 e. The minimum Gasteiger partial charge on any atom is -0.386 e. The highest BCUT2D eigenvalue weighted by Gasteiger charge is 2.18. The Kier molecular flexibility index (Phi) is 2.50. The van der Waals surface area contributed by atoms with Gasteiger partial charge in [-0.1, -0.05) is 24.3 Å². The lowest BCUT2D eigenvalue weighted by atomic mass is 9.93. The Balaban J connectivity index is 3.14. The molecule has 12 heavy (non-hydrogen) atoms. The molecule has 3 N–H and O–H groups in total. The van der Waals surface area contributed by atoms with Crippen molar-refractivity contribution in [2.24, 2.45) is 5.73 Å². The Morgan fingerprint density at radius 3 is 2.33 bits per heavy atom. The summed E-state index contributed by atoms with van der Waals surface area (Å²) < 4.78 is 0. The molecule has 2 heteroatoms. The predicted octanol–water partition coefficient (Wildman–Crippen LogP) is 1.37. The van der Waals surface area contributed by atoms with Crippen LogP contribution >= 0.6 is 0 Å². The van der Waals surface area contributed by atoms with Gasteiger partial charge in [0.15, 0.2) is 0 Å². The van der Waals surface area contributed by atoms with Gasteiger partial charge in [0, 0.05) is 6.54 Å². The summed E-state index contributed by atoms with van der Waals surface area (Å²) in [6, 6.07) is 7.68. The van der Waals surface area contributed by atoms with Crippen LogP contribution in [-0.2, 0) is 12.1 Å². The van der Waals surface area contributed by atoms with Gasteiger partial charge in [-0.05, 0) is 25.0 Å². The zero-order chi connectivity index (χ0) is 9.19. The Hall–Kier alpha value is -0.860. The first-order chi connectivity index (χ1) is 5.55. The van der Waals surface area contributed by atoms with Gasteiger partial charge in [-0.3, -0.25) is 0 Å². The van der Waals surface area contributed by atoms with E-state index in [0.717, 1.165) is 11.1 Å². The number of rotatable bonds is 2. The molecule has 0 saturated carbocycles. The third-order valence-electron chi connectivity index (χ3n) is 1.90. The zero-order valence-corrected chi connectivity index (χ0v) is 7.54. The van der Waals surface area contributed by atoms with Crippen LogP contribution < -0.4 is 5.73 Å². The molecule has 0 fully saturated rings. The van der Waals surface area contributed by atoms with Crippen molar-refractivity contribution in [2.45, 2.75) is 26.0 Å². The molecule has 1 aromatic carbocycles. The van der Waals surface area contributed by atoms with Crippen LogP contribution in [0.4, 0.5) is 0 Å². The lowest BCUT2D eigenvalue weighted by Gasteiger charge is -2.20. The summed E-state index contributed by atoms with van der Waals surface area (Å²) >= 11 is 0. The Morgan fingerprint density at radius 2 is 1.92 bits per heavy atom. The highest BCUT2D eigenvalue weighted by molar-refractivity contribution is 5.31. The van der Waals surface area contributed by atoms with E-state index < -0.39 is 5.60 Å². The van der Waals surface area contributed by atoms with Crippen LogP contribution in [0.2, 0.25) is 0 Å². The van der Waals surface area contributed by atoms with Crippen molar-refractivity contribution >= 4 is 0 Å². The first-order valence-corrected chi connectivity index (χ1v) is 4.06. The van der Waals surface area contributed by atoms with E-state index in [-0.39, 0.29) is 0 Å². The minimum atomic E-state index is -0.796. The molecule has 0 bridgehead atoms. The summed E-state index contributed by atoms with van der Waals surface area (Å²) in [5, 5.41) is 9.75. The molecule has 2 nitrogen and oxygen atoms in total. The Labute approximate surface area is 73.0 Å². The van der Waals surface area contributed by atoms with Crippen LogP contribution in [0, 0.1) is 0 Å². The van der Waals surface area contributed by atoms with Crippen LogP contribution in [0.3, 0.4) is 0 Å². The molecule has 0 radical (unpaired) electrons. The number of nitrogens with two attached hydrogens (primary N) is 1. The van der Waals surface area contributed by atoms with Gasteiger partial charge >= 0.3 is 0 Å². The number of hydrogen-bond donors (Lipinski definition) is 2. The highest BCUT2D eigenvalue weighted by Crippen LogP contribution is 2.22. The van der Waals surface area contributed by atoms with Gasteiger partial charge in [-0.15, -0.1) is 0 Å². The molecule has 0 saturated heterocycles. The van der Waals surface area contributed by atoms with E-state index in [0.29, 0.717) is 6.54 Å². The second kappa shape index (κ2) is 3.25. The van der Waals surface area contributed by atoms with E-state index in [1.54, 1.807) is 13.8 Å². The monoisotopic (exact) mass is 165 g/mol. The van der Waals surface area contributed by atoms with E-state index in [1.165, 1.54) is 0 Å². The fourth-order valence-electron chi connectivity index (χ4n) is 1.30. The van der Waals surface area contributed by atoms with Crippen LogP contribution in [-0.4, -0.2) is 5.11 Å². The fraction of sp³-hybridized carbons (Fsp3) is 0.400. The Morgan fingerprint density at radius 1 is 1.33 bits per heavy atom. The molecule has 66 valence electrons. The van der Waals surface area contributed by atoms with Crippen molar-refractivity contribution in [3.8, 4) is 0 Å². The molecule has 1 rings (SSSR count). The standard InChI is InChI=1S/C10H15NO/c1-10(2,12)9-6-4-3-5-8(9)7-11/h3-6,12H,7,11H2,1-2H3. The molecule has 0 aliphatic carbocycles. The maximum Gasteiger partial charge on any atom is 0.0843 e. The Bertz CT molecular complexity index is 263. The number of hydrogen-bond acceptors (Lipinski definition) is 2. The third-order valence-corrected chi connectivity index (χ3v) is 1.90. The maximum absolute atomic E-state index is 9.75. The van der Waals surface area contributed by atoms with Crippen LogP contribution in [0.5, 0.6) is 0 Å². The maximum atomic E-state index is 9.75. The summed E-state index contributed by atoms with van der Waals surface area (Å²) in [5.41, 5.74) is 6.65. The molecule has 0 amide bonds. The van der Waals surface area contributed by atoms with Gasteiger partial charge in [-0.25, -0.2) is 0 Å². The topological polar surface area (TPSA) is 46.2 Å². The third kappa shape index (κ3) is 1.84. The lowest BCUT2D eigenvalue weighted by molar-refractivity contribution is 0.0776. The summed E-state index contributed by atoms with van der Waals surface area (Å²) in [4.78, 5) is 0. The molecule has 0 heterocycles. The molecular weight excluding hydrogens is 150 g/mol.